The molecular formula is C14H17N3O2S. The molecule has 0 aliphatic carbocycles. The molecule has 0 fully saturated rings. The van der Waals surface area contributed by atoms with Crippen LogP contribution in [-0.4, -0.2) is 20.4 Å². The molecule has 0 spiro atoms. The molecule has 2 N–H and O–H groups in total. The number of hydrogen-bond acceptors (Lipinski definition) is 4. The summed E-state index contributed by atoms with van der Waals surface area (Å²) in [6.45, 7) is 3.84. The molecule has 2 rings (SSSR count). The highest BCUT2D eigenvalue weighted by atomic mass is 32.2. The Morgan fingerprint density at radius 2 is 1.90 bits per heavy atom. The van der Waals surface area contributed by atoms with E-state index in [1.807, 2.05) is 26.0 Å². The standard InChI is InChI=1S/C14H17N3O2S/c1-10-6-7-12(11(2)9-10)17(3)20(18,19)13-5-4-8-16-14(13)15/h4-9H,1-3H3,(H2,15,16). The van der Waals surface area contributed by atoms with E-state index in [1.54, 1.807) is 12.1 Å². The van der Waals surface area contributed by atoms with Crippen molar-refractivity contribution in [1.82, 2.24) is 4.98 Å². The predicted octanol–water partition coefficient (Wildman–Crippen LogP) is 2.11. The Kier molecular flexibility index (Phi) is 3.67. The first-order valence-corrected chi connectivity index (χ1v) is 7.54. The van der Waals surface area contributed by atoms with Gasteiger partial charge in [0, 0.05) is 13.2 Å². The molecule has 1 aromatic carbocycles. The van der Waals surface area contributed by atoms with Gasteiger partial charge >= 0.3 is 0 Å². The highest BCUT2D eigenvalue weighted by molar-refractivity contribution is 7.93. The molecule has 0 bridgehead atoms. The van der Waals surface area contributed by atoms with Gasteiger partial charge in [0.2, 0.25) is 0 Å². The van der Waals surface area contributed by atoms with Gasteiger partial charge in [-0.2, -0.15) is 0 Å². The van der Waals surface area contributed by atoms with Crippen molar-refractivity contribution in [1.29, 1.82) is 0 Å². The molecule has 0 aliphatic rings. The van der Waals surface area contributed by atoms with Gasteiger partial charge in [0.05, 0.1) is 5.69 Å². The van der Waals surface area contributed by atoms with Crippen molar-refractivity contribution in [3.8, 4) is 0 Å². The van der Waals surface area contributed by atoms with Crippen molar-refractivity contribution in [2.75, 3.05) is 17.1 Å². The van der Waals surface area contributed by atoms with Crippen LogP contribution in [0.4, 0.5) is 11.5 Å². The van der Waals surface area contributed by atoms with Crippen LogP contribution in [0.3, 0.4) is 0 Å². The molecule has 0 unspecified atom stereocenters. The van der Waals surface area contributed by atoms with Crippen molar-refractivity contribution in [2.45, 2.75) is 18.7 Å². The minimum Gasteiger partial charge on any atom is -0.383 e. The topological polar surface area (TPSA) is 76.3 Å². The molecule has 1 heterocycles. The molecule has 0 amide bonds. The number of pyridine rings is 1. The molecule has 0 aliphatic heterocycles. The van der Waals surface area contributed by atoms with Gasteiger partial charge in [0.1, 0.15) is 10.7 Å². The Balaban J connectivity index is 2.52. The number of anilines is 2. The van der Waals surface area contributed by atoms with Crippen LogP contribution in [0.1, 0.15) is 11.1 Å². The van der Waals surface area contributed by atoms with Gasteiger partial charge in [0.25, 0.3) is 10.0 Å². The van der Waals surface area contributed by atoms with Gasteiger partial charge in [-0.1, -0.05) is 17.7 Å². The zero-order chi connectivity index (χ0) is 14.9. The molecule has 0 saturated heterocycles. The summed E-state index contributed by atoms with van der Waals surface area (Å²) in [5.74, 6) is 0.00381. The summed E-state index contributed by atoms with van der Waals surface area (Å²) >= 11 is 0. The van der Waals surface area contributed by atoms with E-state index in [0.717, 1.165) is 11.1 Å². The first-order valence-electron chi connectivity index (χ1n) is 6.10. The monoisotopic (exact) mass is 291 g/mol. The zero-order valence-electron chi connectivity index (χ0n) is 11.7. The number of sulfonamides is 1. The molecule has 2 aromatic rings. The maximum atomic E-state index is 12.6. The molecule has 0 saturated carbocycles. The van der Waals surface area contributed by atoms with E-state index in [1.165, 1.54) is 23.6 Å². The molecule has 0 radical (unpaired) electrons. The average Bonchev–Trinajstić information content (AvgIpc) is 2.38. The lowest BCUT2D eigenvalue weighted by Crippen LogP contribution is -2.28. The van der Waals surface area contributed by atoms with Crippen molar-refractivity contribution in [3.05, 3.63) is 47.7 Å². The number of nitrogens with zero attached hydrogens (tertiary/aromatic N) is 2. The van der Waals surface area contributed by atoms with E-state index >= 15 is 0 Å². The van der Waals surface area contributed by atoms with Crippen LogP contribution >= 0.6 is 0 Å². The Hall–Kier alpha value is -2.08. The molecular weight excluding hydrogens is 274 g/mol. The summed E-state index contributed by atoms with van der Waals surface area (Å²) in [6, 6.07) is 8.61. The molecule has 106 valence electrons. The van der Waals surface area contributed by atoms with E-state index in [4.69, 9.17) is 5.73 Å². The van der Waals surface area contributed by atoms with E-state index in [-0.39, 0.29) is 10.7 Å². The summed E-state index contributed by atoms with van der Waals surface area (Å²) < 4.78 is 26.4. The normalized spacial score (nSPS) is 11.3. The van der Waals surface area contributed by atoms with Gasteiger partial charge in [-0.05, 0) is 37.6 Å². The molecule has 1 aromatic heterocycles. The van der Waals surface area contributed by atoms with Crippen LogP contribution < -0.4 is 10.0 Å². The third-order valence-corrected chi connectivity index (χ3v) is 4.95. The Bertz CT molecular complexity index is 742. The van der Waals surface area contributed by atoms with Crippen molar-refractivity contribution >= 4 is 21.5 Å². The van der Waals surface area contributed by atoms with E-state index in [9.17, 15) is 8.42 Å². The summed E-state index contributed by atoms with van der Waals surface area (Å²) in [6.07, 6.45) is 1.46. The Morgan fingerprint density at radius 1 is 1.20 bits per heavy atom. The maximum Gasteiger partial charge on any atom is 0.267 e. The van der Waals surface area contributed by atoms with Crippen LogP contribution in [0.15, 0.2) is 41.4 Å². The summed E-state index contributed by atoms with van der Waals surface area (Å²) in [7, 11) is -2.20. The van der Waals surface area contributed by atoms with E-state index < -0.39 is 10.0 Å². The second kappa shape index (κ2) is 5.13. The molecule has 6 heteroatoms. The maximum absolute atomic E-state index is 12.6. The second-order valence-electron chi connectivity index (χ2n) is 4.65. The fraction of sp³-hybridized carbons (Fsp3) is 0.214. The molecule has 5 nitrogen and oxygen atoms in total. The van der Waals surface area contributed by atoms with Crippen LogP contribution in [0.2, 0.25) is 0 Å². The Labute approximate surface area is 119 Å². The summed E-state index contributed by atoms with van der Waals surface area (Å²) in [5.41, 5.74) is 8.26. The van der Waals surface area contributed by atoms with Crippen LogP contribution in [0, 0.1) is 13.8 Å². The highest BCUT2D eigenvalue weighted by Crippen LogP contribution is 2.27. The van der Waals surface area contributed by atoms with Gasteiger partial charge in [-0.3, -0.25) is 4.31 Å². The molecule has 0 atom stereocenters. The molecule has 20 heavy (non-hydrogen) atoms. The zero-order valence-corrected chi connectivity index (χ0v) is 12.5. The van der Waals surface area contributed by atoms with Crippen molar-refractivity contribution < 1.29 is 8.42 Å². The number of aromatic nitrogens is 1. The van der Waals surface area contributed by atoms with E-state index in [0.29, 0.717) is 5.69 Å². The van der Waals surface area contributed by atoms with Crippen molar-refractivity contribution in [3.63, 3.8) is 0 Å². The number of aryl methyl sites for hydroxylation is 2. The van der Waals surface area contributed by atoms with Crippen LogP contribution in [0.5, 0.6) is 0 Å². The lowest BCUT2D eigenvalue weighted by Gasteiger charge is -2.22. The minimum absolute atomic E-state index is 0.00381. The fourth-order valence-electron chi connectivity index (χ4n) is 2.06. The predicted molar refractivity (Wildman–Crippen MR) is 80.2 cm³/mol. The first kappa shape index (κ1) is 14.3. The van der Waals surface area contributed by atoms with Gasteiger partial charge < -0.3 is 5.73 Å². The summed E-state index contributed by atoms with van der Waals surface area (Å²) in [4.78, 5) is 3.85. The smallest absolute Gasteiger partial charge is 0.267 e. The average molecular weight is 291 g/mol. The minimum atomic E-state index is -3.71. The highest BCUT2D eigenvalue weighted by Gasteiger charge is 2.25. The third kappa shape index (κ3) is 2.46. The van der Waals surface area contributed by atoms with E-state index in [2.05, 4.69) is 4.98 Å². The second-order valence-corrected chi connectivity index (χ2v) is 6.59. The lowest BCUT2D eigenvalue weighted by molar-refractivity contribution is 0.594. The van der Waals surface area contributed by atoms with Gasteiger partial charge in [-0.25, -0.2) is 13.4 Å². The third-order valence-electron chi connectivity index (χ3n) is 3.13. The number of hydrogen-bond donors (Lipinski definition) is 1. The number of nitrogens with two attached hydrogens (primary N) is 1. The Morgan fingerprint density at radius 3 is 2.50 bits per heavy atom. The van der Waals surface area contributed by atoms with Crippen molar-refractivity contribution in [2.24, 2.45) is 0 Å². The SMILES string of the molecule is Cc1ccc(N(C)S(=O)(=O)c2cccnc2N)c(C)c1. The lowest BCUT2D eigenvalue weighted by atomic mass is 10.1. The number of rotatable bonds is 3. The van der Waals surface area contributed by atoms with Gasteiger partial charge in [-0.15, -0.1) is 0 Å². The number of nitrogen functional groups attached to an aromatic ring is 1. The quantitative estimate of drug-likeness (QED) is 0.939. The fourth-order valence-corrected chi connectivity index (χ4v) is 3.38. The van der Waals surface area contributed by atoms with Crippen LogP contribution in [0.25, 0.3) is 0 Å². The summed E-state index contributed by atoms with van der Waals surface area (Å²) in [5, 5.41) is 0. The van der Waals surface area contributed by atoms with Gasteiger partial charge in [0.15, 0.2) is 0 Å². The first-order chi connectivity index (χ1) is 9.34. The largest absolute Gasteiger partial charge is 0.383 e. The van der Waals surface area contributed by atoms with Crippen LogP contribution in [-0.2, 0) is 10.0 Å². The number of benzene rings is 1.